The Kier molecular flexibility index (Phi) is 6.00. The number of tetrazole rings is 1. The van der Waals surface area contributed by atoms with E-state index in [4.69, 9.17) is 0 Å². The first-order chi connectivity index (χ1) is 13.7. The van der Waals surface area contributed by atoms with Crippen molar-refractivity contribution in [3.8, 4) is 11.4 Å². The van der Waals surface area contributed by atoms with E-state index < -0.39 is 0 Å². The molecule has 28 heavy (non-hydrogen) atoms. The highest BCUT2D eigenvalue weighted by Crippen LogP contribution is 2.23. The molecule has 1 aromatic heterocycles. The van der Waals surface area contributed by atoms with Crippen LogP contribution in [0.3, 0.4) is 0 Å². The molecule has 150 valence electrons. The monoisotopic (exact) mass is 383 g/mol. The summed E-state index contributed by atoms with van der Waals surface area (Å²) in [6.07, 6.45) is 7.39. The van der Waals surface area contributed by atoms with Gasteiger partial charge in [0.05, 0.1) is 13.1 Å². The minimum absolute atomic E-state index is 0.0355. The maximum absolute atomic E-state index is 12.3. The maximum atomic E-state index is 12.3. The lowest BCUT2D eigenvalue weighted by molar-refractivity contribution is -0.901. The van der Waals surface area contributed by atoms with Crippen molar-refractivity contribution in [2.24, 2.45) is 5.92 Å². The molecule has 7 nitrogen and oxygen atoms in total. The molecule has 1 aromatic carbocycles. The molecule has 2 fully saturated rings. The van der Waals surface area contributed by atoms with Crippen LogP contribution in [0.25, 0.3) is 11.4 Å². The number of carbonyl (C=O) groups is 1. The summed E-state index contributed by atoms with van der Waals surface area (Å²) in [6.45, 7) is 5.97. The van der Waals surface area contributed by atoms with Crippen molar-refractivity contribution < 1.29 is 9.69 Å². The predicted octanol–water partition coefficient (Wildman–Crippen LogP) is 1.21. The van der Waals surface area contributed by atoms with Crippen molar-refractivity contribution in [1.82, 2.24) is 25.5 Å². The molecule has 2 N–H and O–H groups in total. The van der Waals surface area contributed by atoms with Gasteiger partial charge in [-0.25, -0.2) is 0 Å². The number of quaternary nitrogens is 1. The van der Waals surface area contributed by atoms with E-state index in [0.717, 1.165) is 18.5 Å². The molecule has 7 heteroatoms. The average Bonchev–Trinajstić information content (AvgIpc) is 3.36. The molecule has 2 aliphatic rings. The Morgan fingerprint density at radius 1 is 1.14 bits per heavy atom. The number of hydrogen-bond donors (Lipinski definition) is 2. The predicted molar refractivity (Wildman–Crippen MR) is 106 cm³/mol. The number of carbonyl (C=O) groups excluding carboxylic acids is 1. The summed E-state index contributed by atoms with van der Waals surface area (Å²) in [5.41, 5.74) is 2.28. The van der Waals surface area contributed by atoms with Crippen LogP contribution in [-0.2, 0) is 17.9 Å². The van der Waals surface area contributed by atoms with Crippen molar-refractivity contribution >= 4 is 5.91 Å². The number of benzene rings is 1. The van der Waals surface area contributed by atoms with Gasteiger partial charge in [-0.2, -0.15) is 4.80 Å². The Labute approximate surface area is 166 Å². The molecule has 1 amide bonds. The number of rotatable bonds is 6. The van der Waals surface area contributed by atoms with Crippen molar-refractivity contribution in [2.75, 3.05) is 13.1 Å². The molecule has 0 radical (unpaired) electrons. The van der Waals surface area contributed by atoms with Crippen molar-refractivity contribution in [3.63, 3.8) is 0 Å². The second-order valence-corrected chi connectivity index (χ2v) is 8.41. The Balaban J connectivity index is 1.32. The SMILES string of the molecule is C[C@@H]1CCCC[C@H]1NC(=O)Cn1nnc(-c2ccc(C[NH+]3CCCC3)cc2)n1. The second-order valence-electron chi connectivity index (χ2n) is 8.41. The van der Waals surface area contributed by atoms with Crippen LogP contribution in [0.5, 0.6) is 0 Å². The highest BCUT2D eigenvalue weighted by Gasteiger charge is 2.23. The Hall–Kier alpha value is -2.28. The number of hydrogen-bond acceptors (Lipinski definition) is 4. The quantitative estimate of drug-likeness (QED) is 0.786. The molecule has 1 saturated carbocycles. The standard InChI is InChI=1S/C21H30N6O/c1-16-6-2-3-7-19(16)22-20(28)15-27-24-21(23-25-27)18-10-8-17(9-11-18)14-26-12-4-5-13-26/h8-11,16,19H,2-7,12-15H2,1H3,(H,22,28)/p+1/t16-,19-/m1/s1. The molecular formula is C21H31N6O+. The molecule has 0 bridgehead atoms. The summed E-state index contributed by atoms with van der Waals surface area (Å²) >= 11 is 0. The summed E-state index contributed by atoms with van der Waals surface area (Å²) in [7, 11) is 0. The first-order valence-electron chi connectivity index (χ1n) is 10.7. The number of aromatic nitrogens is 4. The van der Waals surface area contributed by atoms with E-state index in [-0.39, 0.29) is 18.5 Å². The molecule has 2 heterocycles. The number of amides is 1. The van der Waals surface area contributed by atoms with Crippen LogP contribution in [0.4, 0.5) is 0 Å². The van der Waals surface area contributed by atoms with Gasteiger partial charge >= 0.3 is 0 Å². The third-order valence-corrected chi connectivity index (χ3v) is 6.17. The third-order valence-electron chi connectivity index (χ3n) is 6.17. The summed E-state index contributed by atoms with van der Waals surface area (Å²) < 4.78 is 0. The smallest absolute Gasteiger partial charge is 0.243 e. The first-order valence-corrected chi connectivity index (χ1v) is 10.7. The van der Waals surface area contributed by atoms with E-state index in [1.54, 1.807) is 4.90 Å². The average molecular weight is 384 g/mol. The number of nitrogens with zero attached hydrogens (tertiary/aromatic N) is 4. The van der Waals surface area contributed by atoms with Crippen LogP contribution in [0.2, 0.25) is 0 Å². The highest BCUT2D eigenvalue weighted by molar-refractivity contribution is 5.75. The molecular weight excluding hydrogens is 352 g/mol. The molecule has 0 spiro atoms. The number of nitrogens with one attached hydrogen (secondary N) is 2. The fourth-order valence-corrected chi connectivity index (χ4v) is 4.45. The van der Waals surface area contributed by atoms with Crippen LogP contribution < -0.4 is 10.2 Å². The molecule has 4 rings (SSSR count). The Morgan fingerprint density at radius 2 is 1.89 bits per heavy atom. The van der Waals surface area contributed by atoms with E-state index in [2.05, 4.69) is 51.9 Å². The van der Waals surface area contributed by atoms with Crippen LogP contribution in [0.1, 0.15) is 51.0 Å². The fourth-order valence-electron chi connectivity index (χ4n) is 4.45. The lowest BCUT2D eigenvalue weighted by Gasteiger charge is -2.29. The van der Waals surface area contributed by atoms with Crippen LogP contribution in [0, 0.1) is 5.92 Å². The van der Waals surface area contributed by atoms with Crippen LogP contribution in [0.15, 0.2) is 24.3 Å². The summed E-state index contributed by atoms with van der Waals surface area (Å²) in [5, 5.41) is 15.7. The summed E-state index contributed by atoms with van der Waals surface area (Å²) in [4.78, 5) is 15.4. The van der Waals surface area contributed by atoms with Gasteiger partial charge in [0.1, 0.15) is 13.1 Å². The van der Waals surface area contributed by atoms with Crippen molar-refractivity contribution in [2.45, 2.75) is 64.6 Å². The zero-order valence-corrected chi connectivity index (χ0v) is 16.7. The molecule has 1 aliphatic carbocycles. The largest absolute Gasteiger partial charge is 0.351 e. The van der Waals surface area contributed by atoms with Gasteiger partial charge in [0, 0.05) is 30.0 Å². The molecule has 2 aromatic rings. The van der Waals surface area contributed by atoms with Crippen LogP contribution >= 0.6 is 0 Å². The lowest BCUT2D eigenvalue weighted by Crippen LogP contribution is -3.08. The molecule has 0 unspecified atom stereocenters. The molecule has 1 aliphatic heterocycles. The van der Waals surface area contributed by atoms with Gasteiger partial charge in [-0.15, -0.1) is 10.2 Å². The Bertz CT molecular complexity index is 780. The van der Waals surface area contributed by atoms with Crippen molar-refractivity contribution in [3.05, 3.63) is 29.8 Å². The van der Waals surface area contributed by atoms with E-state index in [9.17, 15) is 4.79 Å². The third kappa shape index (κ3) is 4.76. The topological polar surface area (TPSA) is 77.1 Å². The van der Waals surface area contributed by atoms with Gasteiger partial charge < -0.3 is 10.2 Å². The van der Waals surface area contributed by atoms with Crippen LogP contribution in [-0.4, -0.2) is 45.2 Å². The maximum Gasteiger partial charge on any atom is 0.243 e. The fraction of sp³-hybridized carbons (Fsp3) is 0.619. The van der Waals surface area contributed by atoms with Gasteiger partial charge in [0.15, 0.2) is 0 Å². The lowest BCUT2D eigenvalue weighted by atomic mass is 9.86. The second kappa shape index (κ2) is 8.82. The van der Waals surface area contributed by atoms with E-state index in [1.807, 2.05) is 0 Å². The summed E-state index contributed by atoms with van der Waals surface area (Å²) in [5.74, 6) is 1.07. The zero-order chi connectivity index (χ0) is 19.3. The van der Waals surface area contributed by atoms with Gasteiger partial charge in [0.25, 0.3) is 0 Å². The highest BCUT2D eigenvalue weighted by atomic mass is 16.2. The van der Waals surface area contributed by atoms with E-state index in [1.165, 1.54) is 55.6 Å². The van der Waals surface area contributed by atoms with Gasteiger partial charge in [-0.05, 0) is 24.0 Å². The van der Waals surface area contributed by atoms with Gasteiger partial charge in [0.2, 0.25) is 11.7 Å². The normalized spacial score (nSPS) is 23.0. The minimum atomic E-state index is -0.0355. The van der Waals surface area contributed by atoms with E-state index >= 15 is 0 Å². The first kappa shape index (κ1) is 19.1. The molecule has 2 atom stereocenters. The zero-order valence-electron chi connectivity index (χ0n) is 16.7. The minimum Gasteiger partial charge on any atom is -0.351 e. The van der Waals surface area contributed by atoms with Gasteiger partial charge in [-0.3, -0.25) is 4.79 Å². The van der Waals surface area contributed by atoms with Gasteiger partial charge in [-0.1, -0.05) is 44.0 Å². The number of likely N-dealkylation sites (tertiary alicyclic amines) is 1. The Morgan fingerprint density at radius 3 is 2.64 bits per heavy atom. The van der Waals surface area contributed by atoms with Crippen molar-refractivity contribution in [1.29, 1.82) is 0 Å². The summed E-state index contributed by atoms with van der Waals surface area (Å²) in [6, 6.07) is 8.68. The molecule has 1 saturated heterocycles. The van der Waals surface area contributed by atoms with E-state index in [0.29, 0.717) is 11.7 Å².